The zero-order valence-corrected chi connectivity index (χ0v) is 22.0. The van der Waals surface area contributed by atoms with Crippen molar-refractivity contribution in [2.45, 2.75) is 9.79 Å². The van der Waals surface area contributed by atoms with Gasteiger partial charge in [-0.05, 0) is 48.5 Å². The Hall–Kier alpha value is -4.80. The topological polar surface area (TPSA) is 109 Å². The molecule has 40 heavy (non-hydrogen) atoms. The van der Waals surface area contributed by atoms with Crippen molar-refractivity contribution in [3.05, 3.63) is 130 Å². The Labute approximate surface area is 235 Å². The van der Waals surface area contributed by atoms with E-state index in [1.165, 1.54) is 36.4 Å². The van der Waals surface area contributed by atoms with Crippen LogP contribution in [0.25, 0.3) is 0 Å². The van der Waals surface area contributed by atoms with Crippen LogP contribution < -0.4 is 0 Å². The van der Waals surface area contributed by atoms with Crippen molar-refractivity contribution in [2.24, 2.45) is 0 Å². The second-order valence-electron chi connectivity index (χ2n) is 8.75. The number of benzene rings is 4. The number of amides is 6. The summed E-state index contributed by atoms with van der Waals surface area (Å²) in [7, 11) is 2.29. The molecule has 4 aromatic rings. The molecule has 0 aromatic heterocycles. The smallest absolute Gasteiger partial charge is 0.268 e. The van der Waals surface area contributed by atoms with E-state index in [-0.39, 0.29) is 33.4 Å². The van der Waals surface area contributed by atoms with Gasteiger partial charge in [-0.15, -0.1) is 0 Å². The number of carbonyl (C=O) groups excluding carboxylic acids is 6. The fourth-order valence-electron chi connectivity index (χ4n) is 4.51. The van der Waals surface area contributed by atoms with Gasteiger partial charge in [0.2, 0.25) is 0 Å². The zero-order chi connectivity index (χ0) is 28.0. The van der Waals surface area contributed by atoms with Gasteiger partial charge >= 0.3 is 0 Å². The maximum absolute atomic E-state index is 13.4. The van der Waals surface area contributed by atoms with E-state index in [0.717, 1.165) is 21.6 Å². The Morgan fingerprint density at radius 3 is 1.02 bits per heavy atom. The molecule has 2 aliphatic rings. The quantitative estimate of drug-likeness (QED) is 0.236. The summed E-state index contributed by atoms with van der Waals surface area (Å²) < 4.78 is 0. The van der Waals surface area contributed by atoms with E-state index in [4.69, 9.17) is 0 Å². The molecule has 0 radical (unpaired) electrons. The van der Waals surface area contributed by atoms with Crippen LogP contribution in [0.3, 0.4) is 0 Å². The van der Waals surface area contributed by atoms with Gasteiger partial charge in [0.15, 0.2) is 0 Å². The highest BCUT2D eigenvalue weighted by molar-refractivity contribution is 8.76. The molecule has 4 aromatic carbocycles. The van der Waals surface area contributed by atoms with E-state index in [1.54, 1.807) is 60.7 Å². The number of fused-ring (bicyclic) bond motifs is 2. The standard InChI is InChI=1S/C30H16N2O6S2/c33-25-17-9-1-2-10-18(17)26(34)31(25)29(37)21-13-5-7-15-23(21)39-40-24-16-8-6-14-22(24)30(38)32-27(35)19-11-3-4-12-20(19)28(32)36/h1-16H. The van der Waals surface area contributed by atoms with Gasteiger partial charge in [-0.25, -0.2) is 9.80 Å². The lowest BCUT2D eigenvalue weighted by molar-refractivity contribution is 0.0540. The van der Waals surface area contributed by atoms with E-state index >= 15 is 0 Å². The predicted molar refractivity (Wildman–Crippen MR) is 147 cm³/mol. The Balaban J connectivity index is 1.25. The maximum Gasteiger partial charge on any atom is 0.269 e. The van der Waals surface area contributed by atoms with Crippen molar-refractivity contribution < 1.29 is 28.8 Å². The third kappa shape index (κ3) is 4.05. The summed E-state index contributed by atoms with van der Waals surface area (Å²) in [5.41, 5.74) is 0.946. The van der Waals surface area contributed by atoms with Crippen LogP contribution in [0.15, 0.2) is 107 Å². The monoisotopic (exact) mass is 564 g/mol. The minimum absolute atomic E-state index is 0.138. The van der Waals surface area contributed by atoms with Crippen molar-refractivity contribution in [2.75, 3.05) is 0 Å². The minimum Gasteiger partial charge on any atom is -0.268 e. The molecule has 0 fully saturated rings. The lowest BCUT2D eigenvalue weighted by atomic mass is 10.1. The molecular formula is C30H16N2O6S2. The number of rotatable bonds is 5. The first-order valence-electron chi connectivity index (χ1n) is 12.0. The molecule has 0 aliphatic carbocycles. The molecule has 0 atom stereocenters. The summed E-state index contributed by atoms with van der Waals surface area (Å²) in [6, 6.07) is 25.5. The molecule has 8 nitrogen and oxygen atoms in total. The molecule has 0 saturated carbocycles. The van der Waals surface area contributed by atoms with Gasteiger partial charge in [-0.1, -0.05) is 70.1 Å². The summed E-state index contributed by atoms with van der Waals surface area (Å²) in [5.74, 6) is -4.26. The van der Waals surface area contributed by atoms with Crippen LogP contribution in [0.2, 0.25) is 0 Å². The van der Waals surface area contributed by atoms with Crippen LogP contribution in [0.4, 0.5) is 0 Å². The summed E-state index contributed by atoms with van der Waals surface area (Å²) in [6.07, 6.45) is 0. The van der Waals surface area contributed by atoms with Gasteiger partial charge in [-0.2, -0.15) is 0 Å². The molecule has 6 rings (SSSR count). The highest BCUT2D eigenvalue weighted by atomic mass is 33.1. The Morgan fingerprint density at radius 1 is 0.425 bits per heavy atom. The van der Waals surface area contributed by atoms with E-state index in [9.17, 15) is 28.8 Å². The first-order chi connectivity index (χ1) is 19.4. The maximum atomic E-state index is 13.4. The molecule has 0 saturated heterocycles. The molecule has 2 heterocycles. The number of hydrogen-bond acceptors (Lipinski definition) is 8. The first-order valence-corrected chi connectivity index (χ1v) is 14.1. The van der Waals surface area contributed by atoms with Crippen LogP contribution in [0, 0.1) is 0 Å². The number of imide groups is 6. The van der Waals surface area contributed by atoms with Crippen LogP contribution in [0.5, 0.6) is 0 Å². The fourth-order valence-corrected chi connectivity index (χ4v) is 6.86. The van der Waals surface area contributed by atoms with Crippen molar-refractivity contribution >= 4 is 57.0 Å². The van der Waals surface area contributed by atoms with E-state index in [0.29, 0.717) is 19.6 Å². The molecule has 6 amide bonds. The molecular weight excluding hydrogens is 548 g/mol. The fraction of sp³-hybridized carbons (Fsp3) is 0. The molecule has 0 unspecified atom stereocenters. The van der Waals surface area contributed by atoms with Crippen LogP contribution in [-0.2, 0) is 0 Å². The Kier molecular flexibility index (Phi) is 6.41. The molecule has 0 bridgehead atoms. The van der Waals surface area contributed by atoms with Gasteiger partial charge < -0.3 is 0 Å². The van der Waals surface area contributed by atoms with Gasteiger partial charge in [0.25, 0.3) is 35.4 Å². The molecule has 194 valence electrons. The average molecular weight is 565 g/mol. The molecule has 2 aliphatic heterocycles. The first kappa shape index (κ1) is 25.5. The van der Waals surface area contributed by atoms with Crippen molar-refractivity contribution in [3.8, 4) is 0 Å². The van der Waals surface area contributed by atoms with Crippen LogP contribution >= 0.6 is 21.6 Å². The predicted octanol–water partition coefficient (Wildman–Crippen LogP) is 5.36. The summed E-state index contributed by atoms with van der Waals surface area (Å²) in [5, 5.41) is 0. The summed E-state index contributed by atoms with van der Waals surface area (Å²) >= 11 is 0. The van der Waals surface area contributed by atoms with Gasteiger partial charge in [0.1, 0.15) is 0 Å². The van der Waals surface area contributed by atoms with E-state index in [1.807, 2.05) is 0 Å². The SMILES string of the molecule is O=C(c1ccccc1SSc1ccccc1C(=O)N1C(=O)c2ccccc2C1=O)N1C(=O)c2ccccc2C1=O. The van der Waals surface area contributed by atoms with Gasteiger partial charge in [-0.3, -0.25) is 28.8 Å². The third-order valence-electron chi connectivity index (χ3n) is 6.45. The van der Waals surface area contributed by atoms with Crippen LogP contribution in [0.1, 0.15) is 62.1 Å². The molecule has 0 spiro atoms. The number of hydrogen-bond donors (Lipinski definition) is 0. The van der Waals surface area contributed by atoms with Gasteiger partial charge in [0, 0.05) is 9.79 Å². The summed E-state index contributed by atoms with van der Waals surface area (Å²) in [6.45, 7) is 0. The average Bonchev–Trinajstić information content (AvgIpc) is 3.40. The normalized spacial score (nSPS) is 14.0. The second-order valence-corrected chi connectivity index (χ2v) is 11.0. The summed E-state index contributed by atoms with van der Waals surface area (Å²) in [4.78, 5) is 80.5. The van der Waals surface area contributed by atoms with Crippen molar-refractivity contribution in [1.82, 2.24) is 9.80 Å². The molecule has 10 heteroatoms. The van der Waals surface area contributed by atoms with E-state index < -0.39 is 35.4 Å². The second kappa shape index (κ2) is 10.1. The van der Waals surface area contributed by atoms with Crippen molar-refractivity contribution in [1.29, 1.82) is 0 Å². The van der Waals surface area contributed by atoms with Gasteiger partial charge in [0.05, 0.1) is 33.4 Å². The number of nitrogens with zero attached hydrogens (tertiary/aromatic N) is 2. The largest absolute Gasteiger partial charge is 0.269 e. The zero-order valence-electron chi connectivity index (χ0n) is 20.4. The van der Waals surface area contributed by atoms with E-state index in [2.05, 4.69) is 0 Å². The van der Waals surface area contributed by atoms with Crippen LogP contribution in [-0.4, -0.2) is 45.2 Å². The third-order valence-corrected chi connectivity index (χ3v) is 8.93. The Bertz CT molecular complexity index is 1600. The highest BCUT2D eigenvalue weighted by Crippen LogP contribution is 2.42. The lowest BCUT2D eigenvalue weighted by Gasteiger charge is -2.16. The number of carbonyl (C=O) groups is 6. The lowest BCUT2D eigenvalue weighted by Crippen LogP contribution is -2.36. The highest BCUT2D eigenvalue weighted by Gasteiger charge is 2.42. The Morgan fingerprint density at radius 2 is 0.700 bits per heavy atom. The minimum atomic E-state index is -0.759. The molecule has 0 N–H and O–H groups in total. The van der Waals surface area contributed by atoms with Crippen molar-refractivity contribution in [3.63, 3.8) is 0 Å².